The minimum absolute atomic E-state index is 0.0138. The van der Waals surface area contributed by atoms with Crippen molar-refractivity contribution in [1.29, 1.82) is 0 Å². The lowest BCUT2D eigenvalue weighted by Gasteiger charge is -2.09. The maximum atomic E-state index is 12.1. The number of aromatic nitrogens is 2. The summed E-state index contributed by atoms with van der Waals surface area (Å²) in [7, 11) is 1.72. The van der Waals surface area contributed by atoms with Crippen LogP contribution in [0, 0.1) is 5.92 Å². The monoisotopic (exact) mass is 298 g/mol. The average Bonchev–Trinajstić information content (AvgIpc) is 3.07. The van der Waals surface area contributed by atoms with Gasteiger partial charge in [0, 0.05) is 26.2 Å². The van der Waals surface area contributed by atoms with E-state index in [9.17, 15) is 9.59 Å². The summed E-state index contributed by atoms with van der Waals surface area (Å²) in [6.07, 6.45) is 3.70. The van der Waals surface area contributed by atoms with E-state index in [1.54, 1.807) is 29.0 Å². The number of carbonyl (C=O) groups excluding carboxylic acids is 2. The number of nitrogens with one attached hydrogen (secondary N) is 1. The highest BCUT2D eigenvalue weighted by Gasteiger charge is 2.32. The third-order valence-electron chi connectivity index (χ3n) is 3.80. The molecule has 1 aromatic heterocycles. The van der Waals surface area contributed by atoms with Gasteiger partial charge in [-0.1, -0.05) is 30.3 Å². The maximum Gasteiger partial charge on any atom is 0.229 e. The van der Waals surface area contributed by atoms with Crippen molar-refractivity contribution in [2.45, 2.75) is 13.0 Å². The zero-order valence-electron chi connectivity index (χ0n) is 12.4. The second-order valence-corrected chi connectivity index (χ2v) is 5.58. The summed E-state index contributed by atoms with van der Waals surface area (Å²) in [6.45, 7) is 1.13. The molecule has 3 rings (SSSR count). The van der Waals surface area contributed by atoms with Crippen molar-refractivity contribution in [2.75, 3.05) is 18.9 Å². The van der Waals surface area contributed by atoms with E-state index in [0.29, 0.717) is 18.8 Å². The predicted molar refractivity (Wildman–Crippen MR) is 82.1 cm³/mol. The normalized spacial score (nSPS) is 17.8. The molecule has 1 aliphatic heterocycles. The van der Waals surface area contributed by atoms with E-state index in [1.807, 2.05) is 30.3 Å². The van der Waals surface area contributed by atoms with Gasteiger partial charge in [0.1, 0.15) is 0 Å². The number of likely N-dealkylation sites (tertiary alicyclic amines) is 1. The topological polar surface area (TPSA) is 67.2 Å². The first kappa shape index (κ1) is 14.3. The second-order valence-electron chi connectivity index (χ2n) is 5.58. The Morgan fingerprint density at radius 2 is 2.14 bits per heavy atom. The molecule has 0 spiro atoms. The molecule has 6 heteroatoms. The number of nitrogens with zero attached hydrogens (tertiary/aromatic N) is 3. The molecule has 2 amide bonds. The Kier molecular flexibility index (Phi) is 3.91. The zero-order chi connectivity index (χ0) is 15.5. The summed E-state index contributed by atoms with van der Waals surface area (Å²) in [6, 6.07) is 9.99. The summed E-state index contributed by atoms with van der Waals surface area (Å²) in [5.41, 5.74) is 1.80. The Bertz CT molecular complexity index is 680. The molecule has 1 atom stereocenters. The van der Waals surface area contributed by atoms with Crippen molar-refractivity contribution in [3.63, 3.8) is 0 Å². The van der Waals surface area contributed by atoms with Crippen molar-refractivity contribution in [2.24, 2.45) is 5.92 Å². The molecule has 1 saturated heterocycles. The molecular weight excluding hydrogens is 280 g/mol. The number of hydrogen-bond donors (Lipinski definition) is 1. The predicted octanol–water partition coefficient (Wildman–Crippen LogP) is 1.35. The quantitative estimate of drug-likeness (QED) is 0.926. The molecule has 2 aromatic rings. The highest BCUT2D eigenvalue weighted by Crippen LogP contribution is 2.18. The molecule has 22 heavy (non-hydrogen) atoms. The average molecular weight is 298 g/mol. The van der Waals surface area contributed by atoms with Gasteiger partial charge < -0.3 is 10.2 Å². The molecule has 0 saturated carbocycles. The third-order valence-corrected chi connectivity index (χ3v) is 3.80. The van der Waals surface area contributed by atoms with Gasteiger partial charge in [0.2, 0.25) is 11.8 Å². The molecule has 1 aromatic carbocycles. The fourth-order valence-electron chi connectivity index (χ4n) is 2.57. The van der Waals surface area contributed by atoms with E-state index in [1.165, 1.54) is 0 Å². The molecule has 0 bridgehead atoms. The largest absolute Gasteiger partial charge is 0.345 e. The number of hydrogen-bond acceptors (Lipinski definition) is 3. The van der Waals surface area contributed by atoms with Gasteiger partial charge >= 0.3 is 0 Å². The molecule has 1 fully saturated rings. The summed E-state index contributed by atoms with van der Waals surface area (Å²) in [5, 5.41) is 7.08. The van der Waals surface area contributed by atoms with Crippen LogP contribution in [0.2, 0.25) is 0 Å². The van der Waals surface area contributed by atoms with Crippen LogP contribution < -0.4 is 5.32 Å². The molecule has 114 valence electrons. The summed E-state index contributed by atoms with van der Waals surface area (Å²) >= 11 is 0. The lowest BCUT2D eigenvalue weighted by Crippen LogP contribution is -2.25. The summed E-state index contributed by atoms with van der Waals surface area (Å²) in [5.74, 6) is -0.396. The van der Waals surface area contributed by atoms with Crippen molar-refractivity contribution in [1.82, 2.24) is 14.7 Å². The van der Waals surface area contributed by atoms with Gasteiger partial charge in [-0.15, -0.1) is 0 Å². The Morgan fingerprint density at radius 3 is 2.82 bits per heavy atom. The summed E-state index contributed by atoms with van der Waals surface area (Å²) < 4.78 is 1.77. The first-order chi connectivity index (χ1) is 10.6. The second kappa shape index (κ2) is 6.01. The van der Waals surface area contributed by atoms with Gasteiger partial charge in [-0.25, -0.2) is 0 Å². The van der Waals surface area contributed by atoms with E-state index >= 15 is 0 Å². The van der Waals surface area contributed by atoms with Crippen molar-refractivity contribution in [3.8, 4) is 0 Å². The van der Waals surface area contributed by atoms with Crippen LogP contribution in [0.25, 0.3) is 0 Å². The number of anilines is 1. The lowest BCUT2D eigenvalue weighted by molar-refractivity contribution is -0.127. The SMILES string of the molecule is CN1C[C@@H](C(=O)Nc2cnn(Cc3ccccc3)c2)CC1=O. The van der Waals surface area contributed by atoms with Crippen molar-refractivity contribution >= 4 is 17.5 Å². The number of rotatable bonds is 4. The van der Waals surface area contributed by atoms with Crippen LogP contribution in [0.3, 0.4) is 0 Å². The van der Waals surface area contributed by atoms with Gasteiger partial charge in [0.05, 0.1) is 24.3 Å². The molecule has 2 heterocycles. The standard InChI is InChI=1S/C16H18N4O2/c1-19-10-13(7-15(19)21)16(22)18-14-8-17-20(11-14)9-12-5-3-2-4-6-12/h2-6,8,11,13H,7,9-10H2,1H3,(H,18,22)/t13-/m0/s1. The Hall–Kier alpha value is -2.63. The smallest absolute Gasteiger partial charge is 0.229 e. The van der Waals surface area contributed by atoms with Crippen LogP contribution in [0.5, 0.6) is 0 Å². The summed E-state index contributed by atoms with van der Waals surface area (Å²) in [4.78, 5) is 25.2. The fraction of sp³-hybridized carbons (Fsp3) is 0.312. The van der Waals surface area contributed by atoms with E-state index < -0.39 is 0 Å². The van der Waals surface area contributed by atoms with Crippen LogP contribution in [0.4, 0.5) is 5.69 Å². The first-order valence-electron chi connectivity index (χ1n) is 7.23. The molecular formula is C16H18N4O2. The van der Waals surface area contributed by atoms with Gasteiger partial charge in [0.15, 0.2) is 0 Å². The molecule has 0 aliphatic carbocycles. The van der Waals surface area contributed by atoms with Crippen LogP contribution in [-0.4, -0.2) is 40.1 Å². The highest BCUT2D eigenvalue weighted by molar-refractivity contribution is 5.96. The minimum Gasteiger partial charge on any atom is -0.345 e. The Labute approximate surface area is 128 Å². The Balaban J connectivity index is 1.60. The number of benzene rings is 1. The Morgan fingerprint density at radius 1 is 1.36 bits per heavy atom. The van der Waals surface area contributed by atoms with Gasteiger partial charge in [-0.05, 0) is 5.56 Å². The van der Waals surface area contributed by atoms with Crippen LogP contribution in [0.1, 0.15) is 12.0 Å². The van der Waals surface area contributed by atoms with Crippen LogP contribution in [0.15, 0.2) is 42.7 Å². The van der Waals surface area contributed by atoms with Crippen LogP contribution >= 0.6 is 0 Å². The third kappa shape index (κ3) is 3.16. The highest BCUT2D eigenvalue weighted by atomic mass is 16.2. The minimum atomic E-state index is -0.282. The van der Waals surface area contributed by atoms with E-state index in [-0.39, 0.29) is 24.2 Å². The molecule has 1 aliphatic rings. The fourth-order valence-corrected chi connectivity index (χ4v) is 2.57. The molecule has 0 radical (unpaired) electrons. The molecule has 6 nitrogen and oxygen atoms in total. The van der Waals surface area contributed by atoms with Gasteiger partial charge in [0.25, 0.3) is 0 Å². The van der Waals surface area contributed by atoms with Crippen molar-refractivity contribution in [3.05, 3.63) is 48.3 Å². The first-order valence-corrected chi connectivity index (χ1v) is 7.23. The number of amides is 2. The van der Waals surface area contributed by atoms with Gasteiger partial charge in [-0.3, -0.25) is 14.3 Å². The maximum absolute atomic E-state index is 12.1. The molecule has 1 N–H and O–H groups in total. The van der Waals surface area contributed by atoms with Crippen molar-refractivity contribution < 1.29 is 9.59 Å². The van der Waals surface area contributed by atoms with Crippen LogP contribution in [-0.2, 0) is 16.1 Å². The van der Waals surface area contributed by atoms with E-state index in [2.05, 4.69) is 10.4 Å². The van der Waals surface area contributed by atoms with E-state index in [0.717, 1.165) is 5.56 Å². The van der Waals surface area contributed by atoms with Gasteiger partial charge in [-0.2, -0.15) is 5.10 Å². The molecule has 0 unspecified atom stereocenters. The number of carbonyl (C=O) groups is 2. The van der Waals surface area contributed by atoms with E-state index in [4.69, 9.17) is 0 Å². The lowest BCUT2D eigenvalue weighted by atomic mass is 10.1. The zero-order valence-corrected chi connectivity index (χ0v) is 12.4.